The lowest BCUT2D eigenvalue weighted by molar-refractivity contribution is -0.122. The van der Waals surface area contributed by atoms with E-state index in [1.54, 1.807) is 4.90 Å². The third-order valence-electron chi connectivity index (χ3n) is 5.77. The summed E-state index contributed by atoms with van der Waals surface area (Å²) in [5.41, 5.74) is 3.51. The molecule has 1 aliphatic heterocycles. The maximum atomic E-state index is 13.2. The molecule has 0 bridgehead atoms. The first-order chi connectivity index (χ1) is 18.7. The topological polar surface area (TPSA) is 86.3 Å². The Morgan fingerprint density at radius 3 is 2.05 bits per heavy atom. The number of anilines is 1. The molecule has 2 amide bonds. The zero-order valence-electron chi connectivity index (χ0n) is 22.2. The number of ether oxygens (including phenoxy) is 4. The van der Waals surface area contributed by atoms with Crippen LogP contribution >= 0.6 is 0 Å². The van der Waals surface area contributed by atoms with Crippen molar-refractivity contribution in [1.82, 2.24) is 5.32 Å². The predicted molar refractivity (Wildman–Crippen MR) is 146 cm³/mol. The molecule has 1 aliphatic rings. The van der Waals surface area contributed by atoms with Gasteiger partial charge in [-0.3, -0.25) is 9.59 Å². The number of benzene rings is 2. The van der Waals surface area contributed by atoms with Crippen LogP contribution < -0.4 is 10.2 Å². The van der Waals surface area contributed by atoms with Crippen molar-refractivity contribution in [2.24, 2.45) is 0 Å². The minimum absolute atomic E-state index is 0.0675. The fraction of sp³-hybridized carbons (Fsp3) is 0.467. The van der Waals surface area contributed by atoms with E-state index < -0.39 is 0 Å². The van der Waals surface area contributed by atoms with Crippen LogP contribution in [0.2, 0.25) is 0 Å². The molecule has 8 heteroatoms. The number of amides is 2. The van der Waals surface area contributed by atoms with Crippen molar-refractivity contribution in [3.63, 3.8) is 0 Å². The normalized spacial score (nSPS) is 12.0. The van der Waals surface area contributed by atoms with Gasteiger partial charge in [0.05, 0.1) is 58.5 Å². The summed E-state index contributed by atoms with van der Waals surface area (Å²) >= 11 is 0. The third-order valence-corrected chi connectivity index (χ3v) is 5.77. The quantitative estimate of drug-likeness (QED) is 0.254. The van der Waals surface area contributed by atoms with Gasteiger partial charge in [0.25, 0.3) is 0 Å². The average Bonchev–Trinajstić information content (AvgIpc) is 2.92. The van der Waals surface area contributed by atoms with Crippen LogP contribution in [0, 0.1) is 11.8 Å². The molecule has 2 aromatic rings. The molecule has 0 aromatic heterocycles. The van der Waals surface area contributed by atoms with Crippen LogP contribution in [-0.2, 0) is 35.1 Å². The van der Waals surface area contributed by atoms with E-state index in [-0.39, 0.29) is 31.2 Å². The van der Waals surface area contributed by atoms with Crippen LogP contribution in [0.25, 0.3) is 0 Å². The summed E-state index contributed by atoms with van der Waals surface area (Å²) < 4.78 is 21.6. The highest BCUT2D eigenvalue weighted by Crippen LogP contribution is 2.25. The summed E-state index contributed by atoms with van der Waals surface area (Å²) in [5.74, 6) is 6.19. The first kappa shape index (κ1) is 29.3. The Morgan fingerprint density at radius 2 is 1.34 bits per heavy atom. The van der Waals surface area contributed by atoms with Crippen LogP contribution in [0.3, 0.4) is 0 Å². The Bertz CT molecular complexity index is 1080. The van der Waals surface area contributed by atoms with E-state index in [2.05, 4.69) is 24.1 Å². The second-order valence-electron chi connectivity index (χ2n) is 8.70. The zero-order valence-corrected chi connectivity index (χ0v) is 22.2. The summed E-state index contributed by atoms with van der Waals surface area (Å²) in [5, 5.41) is 2.81. The minimum atomic E-state index is -0.151. The third kappa shape index (κ3) is 10.3. The number of carbonyl (C=O) groups is 2. The molecule has 0 fully saturated rings. The molecule has 38 heavy (non-hydrogen) atoms. The molecule has 1 heterocycles. The average molecular weight is 523 g/mol. The highest BCUT2D eigenvalue weighted by Gasteiger charge is 2.21. The van der Waals surface area contributed by atoms with E-state index in [4.69, 9.17) is 18.9 Å². The van der Waals surface area contributed by atoms with Gasteiger partial charge >= 0.3 is 0 Å². The number of rotatable bonds is 17. The molecule has 204 valence electrons. The Hall–Kier alpha value is -3.22. The highest BCUT2D eigenvalue weighted by molar-refractivity contribution is 5.95. The van der Waals surface area contributed by atoms with Gasteiger partial charge in [0.2, 0.25) is 11.8 Å². The molecule has 0 saturated carbocycles. The van der Waals surface area contributed by atoms with Gasteiger partial charge in [0.1, 0.15) is 0 Å². The molecule has 0 spiro atoms. The molecule has 8 nitrogen and oxygen atoms in total. The standard InChI is InChI=1S/C30H38N2O6/c1-2-16-35-18-20-37-22-23-38-21-19-36-17-14-29(33)31-15-13-30(34)32-24-27-9-4-3-7-25(27)11-12-26-8-5-6-10-28(26)32/h3-10H,2,13-24H2,1H3,(H,31,33). The summed E-state index contributed by atoms with van der Waals surface area (Å²) in [6, 6.07) is 15.5. The number of hydrogen-bond donors (Lipinski definition) is 1. The Kier molecular flexibility index (Phi) is 13.4. The second kappa shape index (κ2) is 17.3. The van der Waals surface area contributed by atoms with E-state index in [9.17, 15) is 9.59 Å². The van der Waals surface area contributed by atoms with Crippen LogP contribution in [0.15, 0.2) is 48.5 Å². The Morgan fingerprint density at radius 1 is 0.763 bits per heavy atom. The lowest BCUT2D eigenvalue weighted by atomic mass is 10.0. The van der Waals surface area contributed by atoms with Crippen LogP contribution in [-0.4, -0.2) is 71.2 Å². The molecule has 2 aromatic carbocycles. The molecule has 0 unspecified atom stereocenters. The molecule has 0 aliphatic carbocycles. The van der Waals surface area contributed by atoms with Gasteiger partial charge in [-0.05, 0) is 30.2 Å². The molecular formula is C30H38N2O6. The monoisotopic (exact) mass is 522 g/mol. The lowest BCUT2D eigenvalue weighted by Gasteiger charge is -2.26. The summed E-state index contributed by atoms with van der Waals surface area (Å²) in [4.78, 5) is 27.1. The Labute approximate surface area is 225 Å². The van der Waals surface area contributed by atoms with E-state index >= 15 is 0 Å². The van der Waals surface area contributed by atoms with Gasteiger partial charge in [-0.2, -0.15) is 0 Å². The van der Waals surface area contributed by atoms with Crippen molar-refractivity contribution < 1.29 is 28.5 Å². The molecule has 3 rings (SSSR count). The van der Waals surface area contributed by atoms with Crippen LogP contribution in [0.4, 0.5) is 5.69 Å². The fourth-order valence-corrected chi connectivity index (χ4v) is 3.81. The van der Waals surface area contributed by atoms with Gasteiger partial charge in [-0.15, -0.1) is 0 Å². The van der Waals surface area contributed by atoms with Crippen molar-refractivity contribution in [2.45, 2.75) is 32.7 Å². The highest BCUT2D eigenvalue weighted by atomic mass is 16.6. The second-order valence-corrected chi connectivity index (χ2v) is 8.70. The van der Waals surface area contributed by atoms with Gasteiger partial charge < -0.3 is 29.2 Å². The fourth-order valence-electron chi connectivity index (χ4n) is 3.81. The Balaban J connectivity index is 1.29. The first-order valence-electron chi connectivity index (χ1n) is 13.3. The van der Waals surface area contributed by atoms with Crippen LogP contribution in [0.1, 0.15) is 42.9 Å². The number of carbonyl (C=O) groups excluding carboxylic acids is 2. The number of para-hydroxylation sites is 1. The SMILES string of the molecule is CCCOCCOCCOCCOCCC(=O)NCCC(=O)N1Cc2ccccc2C#Cc2ccccc21. The number of nitrogens with zero attached hydrogens (tertiary/aromatic N) is 1. The van der Waals surface area contributed by atoms with E-state index in [0.29, 0.717) is 52.8 Å². The molecule has 0 atom stereocenters. The lowest BCUT2D eigenvalue weighted by Crippen LogP contribution is -2.35. The first-order valence-corrected chi connectivity index (χ1v) is 13.3. The number of nitrogens with one attached hydrogen (secondary N) is 1. The summed E-state index contributed by atoms with van der Waals surface area (Å²) in [6.45, 7) is 6.83. The van der Waals surface area contributed by atoms with E-state index in [1.165, 1.54) is 0 Å². The van der Waals surface area contributed by atoms with E-state index in [0.717, 1.165) is 35.4 Å². The van der Waals surface area contributed by atoms with Gasteiger partial charge in [-0.25, -0.2) is 0 Å². The van der Waals surface area contributed by atoms with Crippen molar-refractivity contribution in [3.05, 3.63) is 65.2 Å². The number of hydrogen-bond acceptors (Lipinski definition) is 6. The van der Waals surface area contributed by atoms with Crippen molar-refractivity contribution in [3.8, 4) is 11.8 Å². The van der Waals surface area contributed by atoms with Gasteiger partial charge in [0.15, 0.2) is 0 Å². The molecular weight excluding hydrogens is 484 g/mol. The van der Waals surface area contributed by atoms with E-state index in [1.807, 2.05) is 48.5 Å². The summed E-state index contributed by atoms with van der Waals surface area (Å²) in [7, 11) is 0. The maximum absolute atomic E-state index is 13.2. The van der Waals surface area contributed by atoms with Crippen molar-refractivity contribution >= 4 is 17.5 Å². The predicted octanol–water partition coefficient (Wildman–Crippen LogP) is 3.31. The summed E-state index contributed by atoms with van der Waals surface area (Å²) in [6.07, 6.45) is 1.42. The van der Waals surface area contributed by atoms with Crippen LogP contribution in [0.5, 0.6) is 0 Å². The van der Waals surface area contributed by atoms with Gasteiger partial charge in [-0.1, -0.05) is 49.1 Å². The zero-order chi connectivity index (χ0) is 26.8. The maximum Gasteiger partial charge on any atom is 0.229 e. The minimum Gasteiger partial charge on any atom is -0.379 e. The smallest absolute Gasteiger partial charge is 0.229 e. The molecule has 1 N–H and O–H groups in total. The van der Waals surface area contributed by atoms with Crippen molar-refractivity contribution in [1.29, 1.82) is 0 Å². The molecule has 0 saturated heterocycles. The molecule has 0 radical (unpaired) electrons. The van der Waals surface area contributed by atoms with Crippen molar-refractivity contribution in [2.75, 3.05) is 64.3 Å². The van der Waals surface area contributed by atoms with Gasteiger partial charge in [0, 0.05) is 37.1 Å². The largest absolute Gasteiger partial charge is 0.379 e. The number of fused-ring (bicyclic) bond motifs is 2.